The first-order valence-electron chi connectivity index (χ1n) is 2.53. The van der Waals surface area contributed by atoms with E-state index < -0.39 is 5.97 Å². The Labute approximate surface area is 62.1 Å². The zero-order valence-corrected chi connectivity index (χ0v) is 5.96. The number of hydrogen-bond donors (Lipinski definition) is 1. The number of imidazole rings is 1. The number of rotatable bonds is 1. The molecule has 0 saturated heterocycles. The van der Waals surface area contributed by atoms with E-state index in [0.717, 1.165) is 0 Å². The van der Waals surface area contributed by atoms with Gasteiger partial charge >= 0.3 is 5.97 Å². The van der Waals surface area contributed by atoms with E-state index in [2.05, 4.69) is 4.98 Å². The van der Waals surface area contributed by atoms with Gasteiger partial charge in [0.1, 0.15) is 0 Å². The first kappa shape index (κ1) is 7.08. The molecule has 0 fully saturated rings. The van der Waals surface area contributed by atoms with Crippen LogP contribution in [0.2, 0.25) is 5.28 Å². The van der Waals surface area contributed by atoms with Gasteiger partial charge in [-0.15, -0.1) is 0 Å². The summed E-state index contributed by atoms with van der Waals surface area (Å²) in [7, 11) is 1.63. The van der Waals surface area contributed by atoms with E-state index in [1.54, 1.807) is 7.05 Å². The van der Waals surface area contributed by atoms with Crippen molar-refractivity contribution in [2.45, 2.75) is 0 Å². The highest BCUT2D eigenvalue weighted by molar-refractivity contribution is 6.28. The highest BCUT2D eigenvalue weighted by Crippen LogP contribution is 2.06. The van der Waals surface area contributed by atoms with Crippen LogP contribution in [0.4, 0.5) is 0 Å². The lowest BCUT2D eigenvalue weighted by Gasteiger charge is -1.84. The molecule has 4 nitrogen and oxygen atoms in total. The zero-order valence-electron chi connectivity index (χ0n) is 5.21. The Bertz CT molecular complexity index is 249. The number of carboxylic acid groups (broad SMARTS) is 1. The maximum absolute atomic E-state index is 10.2. The molecule has 0 aliphatic heterocycles. The molecule has 1 N–H and O–H groups in total. The lowest BCUT2D eigenvalue weighted by atomic mass is 10.5. The molecule has 1 heterocycles. The molecular formula is C5H5ClN2O2. The van der Waals surface area contributed by atoms with Crippen molar-refractivity contribution in [3.63, 3.8) is 0 Å². The van der Waals surface area contributed by atoms with Crippen LogP contribution in [0.5, 0.6) is 0 Å². The first-order chi connectivity index (χ1) is 4.61. The molecule has 0 spiro atoms. The fraction of sp³-hybridized carbons (Fsp3) is 0.200. The molecule has 1 aromatic heterocycles. The first-order valence-corrected chi connectivity index (χ1v) is 2.91. The predicted octanol–water partition coefficient (Wildman–Crippen LogP) is 0.772. The maximum Gasteiger partial charge on any atom is 0.356 e. The van der Waals surface area contributed by atoms with E-state index in [1.807, 2.05) is 0 Å². The second kappa shape index (κ2) is 2.30. The molecular weight excluding hydrogens is 156 g/mol. The molecule has 54 valence electrons. The number of carboxylic acids is 1. The third-order valence-corrected chi connectivity index (χ3v) is 1.39. The second-order valence-corrected chi connectivity index (χ2v) is 2.15. The van der Waals surface area contributed by atoms with Crippen LogP contribution >= 0.6 is 11.6 Å². The van der Waals surface area contributed by atoms with Crippen molar-refractivity contribution in [1.82, 2.24) is 9.55 Å². The minimum Gasteiger partial charge on any atom is -0.476 e. The van der Waals surface area contributed by atoms with Crippen molar-refractivity contribution >= 4 is 17.6 Å². The van der Waals surface area contributed by atoms with Crippen molar-refractivity contribution in [1.29, 1.82) is 0 Å². The van der Waals surface area contributed by atoms with E-state index >= 15 is 0 Å². The Kier molecular flexibility index (Phi) is 1.63. The van der Waals surface area contributed by atoms with E-state index in [4.69, 9.17) is 16.7 Å². The molecule has 0 bridgehead atoms. The van der Waals surface area contributed by atoms with Crippen molar-refractivity contribution in [3.8, 4) is 0 Å². The summed E-state index contributed by atoms with van der Waals surface area (Å²) in [6, 6.07) is 0. The van der Waals surface area contributed by atoms with Crippen molar-refractivity contribution in [3.05, 3.63) is 17.2 Å². The van der Waals surface area contributed by atoms with E-state index in [9.17, 15) is 4.79 Å². The summed E-state index contributed by atoms with van der Waals surface area (Å²) in [6.07, 6.45) is 1.35. The van der Waals surface area contributed by atoms with Gasteiger partial charge in [-0.1, -0.05) is 0 Å². The molecule has 0 aliphatic rings. The van der Waals surface area contributed by atoms with Crippen LogP contribution in [0.1, 0.15) is 10.5 Å². The Morgan fingerprint density at radius 1 is 1.90 bits per heavy atom. The zero-order chi connectivity index (χ0) is 7.72. The van der Waals surface area contributed by atoms with Gasteiger partial charge in [0, 0.05) is 13.2 Å². The number of halogens is 1. The normalized spacial score (nSPS) is 9.80. The summed E-state index contributed by atoms with van der Waals surface area (Å²) < 4.78 is 1.44. The average Bonchev–Trinajstić information content (AvgIpc) is 2.13. The van der Waals surface area contributed by atoms with Crippen LogP contribution in [-0.4, -0.2) is 20.6 Å². The monoisotopic (exact) mass is 160 g/mol. The van der Waals surface area contributed by atoms with Gasteiger partial charge in [-0.05, 0) is 11.6 Å². The van der Waals surface area contributed by atoms with E-state index in [-0.39, 0.29) is 11.0 Å². The van der Waals surface area contributed by atoms with Crippen LogP contribution in [-0.2, 0) is 7.05 Å². The van der Waals surface area contributed by atoms with Gasteiger partial charge in [-0.3, -0.25) is 0 Å². The third-order valence-electron chi connectivity index (χ3n) is 1.04. The summed E-state index contributed by atoms with van der Waals surface area (Å²) >= 11 is 5.46. The van der Waals surface area contributed by atoms with Gasteiger partial charge in [0.05, 0.1) is 0 Å². The summed E-state index contributed by atoms with van der Waals surface area (Å²) in [5.41, 5.74) is -0.0347. The minimum absolute atomic E-state index is 0.0347. The van der Waals surface area contributed by atoms with Gasteiger partial charge in [-0.2, -0.15) is 0 Å². The third kappa shape index (κ3) is 1.11. The van der Waals surface area contributed by atoms with Crippen LogP contribution in [0.25, 0.3) is 0 Å². The quantitative estimate of drug-likeness (QED) is 0.660. The summed E-state index contributed by atoms with van der Waals surface area (Å²) in [6.45, 7) is 0. The lowest BCUT2D eigenvalue weighted by molar-refractivity contribution is 0.0691. The minimum atomic E-state index is -1.07. The van der Waals surface area contributed by atoms with Crippen molar-refractivity contribution in [2.75, 3.05) is 0 Å². The van der Waals surface area contributed by atoms with Crippen LogP contribution in [0.3, 0.4) is 0 Å². The number of nitrogens with zero attached hydrogens (tertiary/aromatic N) is 2. The topological polar surface area (TPSA) is 55.1 Å². The highest BCUT2D eigenvalue weighted by atomic mass is 35.5. The summed E-state index contributed by atoms with van der Waals surface area (Å²) in [5.74, 6) is -1.07. The number of hydrogen-bond acceptors (Lipinski definition) is 2. The highest BCUT2D eigenvalue weighted by Gasteiger charge is 2.08. The standard InChI is InChI=1S/C5H5ClN2O2/c1-8-2-3(4(9)10)7-5(8)6/h2H,1H3,(H,9,10). The van der Waals surface area contributed by atoms with Gasteiger partial charge in [0.2, 0.25) is 5.28 Å². The Hall–Kier alpha value is -1.03. The Balaban J connectivity index is 3.10. The lowest BCUT2D eigenvalue weighted by Crippen LogP contribution is -1.95. The Morgan fingerprint density at radius 2 is 2.50 bits per heavy atom. The van der Waals surface area contributed by atoms with Gasteiger partial charge < -0.3 is 9.67 Å². The van der Waals surface area contributed by atoms with Gasteiger partial charge in [-0.25, -0.2) is 9.78 Å². The molecule has 0 unspecified atom stereocenters. The molecule has 0 atom stereocenters. The number of aromatic nitrogens is 2. The molecule has 1 aromatic rings. The van der Waals surface area contributed by atoms with E-state index in [0.29, 0.717) is 0 Å². The maximum atomic E-state index is 10.2. The fourth-order valence-corrected chi connectivity index (χ4v) is 0.687. The number of aryl methyl sites for hydroxylation is 1. The van der Waals surface area contributed by atoms with Crippen LogP contribution in [0.15, 0.2) is 6.20 Å². The molecule has 0 aromatic carbocycles. The van der Waals surface area contributed by atoms with Crippen LogP contribution < -0.4 is 0 Å². The molecule has 5 heteroatoms. The van der Waals surface area contributed by atoms with Crippen molar-refractivity contribution < 1.29 is 9.90 Å². The van der Waals surface area contributed by atoms with Crippen LogP contribution in [0, 0.1) is 0 Å². The molecule has 0 radical (unpaired) electrons. The molecule has 0 aliphatic carbocycles. The summed E-state index contributed by atoms with van der Waals surface area (Å²) in [4.78, 5) is 13.8. The fourth-order valence-electron chi connectivity index (χ4n) is 0.547. The smallest absolute Gasteiger partial charge is 0.356 e. The molecule has 0 saturated carbocycles. The van der Waals surface area contributed by atoms with Gasteiger partial charge in [0.25, 0.3) is 0 Å². The number of carbonyl (C=O) groups is 1. The summed E-state index contributed by atoms with van der Waals surface area (Å²) in [5, 5.41) is 8.57. The van der Waals surface area contributed by atoms with Gasteiger partial charge in [0.15, 0.2) is 5.69 Å². The molecule has 1 rings (SSSR count). The SMILES string of the molecule is Cn1cc(C(=O)O)nc1Cl. The average molecular weight is 161 g/mol. The molecule has 0 amide bonds. The molecule has 10 heavy (non-hydrogen) atoms. The largest absolute Gasteiger partial charge is 0.476 e. The number of aromatic carboxylic acids is 1. The Morgan fingerprint density at radius 3 is 2.70 bits per heavy atom. The van der Waals surface area contributed by atoms with E-state index in [1.165, 1.54) is 10.8 Å². The van der Waals surface area contributed by atoms with Crippen molar-refractivity contribution in [2.24, 2.45) is 7.05 Å². The predicted molar refractivity (Wildman–Crippen MR) is 35.2 cm³/mol. The second-order valence-electron chi connectivity index (χ2n) is 1.81.